The lowest BCUT2D eigenvalue weighted by Crippen LogP contribution is -2.53. The van der Waals surface area contributed by atoms with Crippen LogP contribution in [0.2, 0.25) is 0 Å². The predicted octanol–water partition coefficient (Wildman–Crippen LogP) is 3.02. The number of carbonyl (C=O) groups is 2. The van der Waals surface area contributed by atoms with E-state index < -0.39 is 0 Å². The Kier molecular flexibility index (Phi) is 8.99. The summed E-state index contributed by atoms with van der Waals surface area (Å²) in [5.41, 5.74) is 2.06. The smallest absolute Gasteiger partial charge is 0.236 e. The summed E-state index contributed by atoms with van der Waals surface area (Å²) in [7, 11) is 1.65. The zero-order valence-electron chi connectivity index (χ0n) is 21.9. The molecule has 2 amide bonds. The Morgan fingerprint density at radius 3 is 2.00 bits per heavy atom. The van der Waals surface area contributed by atoms with Gasteiger partial charge >= 0.3 is 0 Å². The third kappa shape index (κ3) is 7.08. The maximum atomic E-state index is 13.1. The molecule has 0 aromatic heterocycles. The molecule has 0 aliphatic carbocycles. The van der Waals surface area contributed by atoms with Gasteiger partial charge < -0.3 is 15.0 Å². The van der Waals surface area contributed by atoms with Crippen molar-refractivity contribution in [3.05, 3.63) is 65.7 Å². The van der Waals surface area contributed by atoms with Crippen LogP contribution < -0.4 is 10.1 Å². The average Bonchev–Trinajstić information content (AvgIpc) is 2.88. The zero-order valence-corrected chi connectivity index (χ0v) is 21.9. The number of benzene rings is 2. The third-order valence-corrected chi connectivity index (χ3v) is 7.30. The standard InChI is InChI=1S/C29H40N4O3/c1-22-17-23(2)19-33(18-22)28(35)21-32-15-13-31(14-16-32)20-27(34)30-29(24-7-5-4-6-8-24)25-9-11-26(36-3)12-10-25/h4-12,22-23,29H,13-21H2,1-3H3,(H,30,34)/t22-,23+,29-/m1/s1. The molecular weight excluding hydrogens is 452 g/mol. The highest BCUT2D eigenvalue weighted by atomic mass is 16.5. The zero-order chi connectivity index (χ0) is 25.5. The summed E-state index contributed by atoms with van der Waals surface area (Å²) >= 11 is 0. The van der Waals surface area contributed by atoms with Gasteiger partial charge in [0.2, 0.25) is 11.8 Å². The van der Waals surface area contributed by atoms with Crippen molar-refractivity contribution in [1.82, 2.24) is 20.0 Å². The van der Waals surface area contributed by atoms with E-state index in [9.17, 15) is 9.59 Å². The highest BCUT2D eigenvalue weighted by molar-refractivity contribution is 5.79. The molecule has 3 atom stereocenters. The monoisotopic (exact) mass is 492 g/mol. The van der Waals surface area contributed by atoms with Crippen LogP contribution in [0.25, 0.3) is 0 Å². The van der Waals surface area contributed by atoms with Crippen LogP contribution in [-0.4, -0.2) is 86.0 Å². The quantitative estimate of drug-likeness (QED) is 0.614. The number of nitrogens with one attached hydrogen (secondary N) is 1. The number of methoxy groups -OCH3 is 1. The van der Waals surface area contributed by atoms with E-state index in [2.05, 4.69) is 29.0 Å². The van der Waals surface area contributed by atoms with Gasteiger partial charge in [-0.3, -0.25) is 19.4 Å². The minimum Gasteiger partial charge on any atom is -0.497 e. The Hall–Kier alpha value is -2.90. The first-order chi connectivity index (χ1) is 17.4. The highest BCUT2D eigenvalue weighted by Crippen LogP contribution is 2.24. The van der Waals surface area contributed by atoms with Crippen LogP contribution in [0, 0.1) is 11.8 Å². The number of hydrogen-bond acceptors (Lipinski definition) is 5. The molecule has 4 rings (SSSR count). The van der Waals surface area contributed by atoms with E-state index in [0.29, 0.717) is 24.9 Å². The van der Waals surface area contributed by atoms with Crippen LogP contribution in [0.4, 0.5) is 0 Å². The fraction of sp³-hybridized carbons (Fsp3) is 0.517. The van der Waals surface area contributed by atoms with E-state index in [-0.39, 0.29) is 17.9 Å². The fourth-order valence-corrected chi connectivity index (χ4v) is 5.47. The van der Waals surface area contributed by atoms with E-state index in [4.69, 9.17) is 4.74 Å². The molecule has 2 aliphatic rings. The Bertz CT molecular complexity index is 979. The predicted molar refractivity (Wildman–Crippen MR) is 142 cm³/mol. The molecular formula is C29H40N4O3. The molecule has 2 aliphatic heterocycles. The first-order valence-corrected chi connectivity index (χ1v) is 13.1. The molecule has 1 N–H and O–H groups in total. The lowest BCUT2D eigenvalue weighted by molar-refractivity contribution is -0.135. The number of hydrogen-bond donors (Lipinski definition) is 1. The van der Waals surface area contributed by atoms with Gasteiger partial charge in [0, 0.05) is 39.3 Å². The second-order valence-electron chi connectivity index (χ2n) is 10.5. The number of likely N-dealkylation sites (tertiary alicyclic amines) is 1. The van der Waals surface area contributed by atoms with Crippen molar-refractivity contribution in [2.24, 2.45) is 11.8 Å². The summed E-state index contributed by atoms with van der Waals surface area (Å²) in [6.07, 6.45) is 1.20. The normalized spacial score (nSPS) is 22.1. The van der Waals surface area contributed by atoms with Crippen molar-refractivity contribution in [3.8, 4) is 5.75 Å². The number of piperazine rings is 1. The first-order valence-electron chi connectivity index (χ1n) is 13.1. The molecule has 36 heavy (non-hydrogen) atoms. The van der Waals surface area contributed by atoms with Gasteiger partial charge in [0.25, 0.3) is 0 Å². The lowest BCUT2D eigenvalue weighted by atomic mass is 9.92. The molecule has 194 valence electrons. The largest absolute Gasteiger partial charge is 0.497 e. The van der Waals surface area contributed by atoms with E-state index in [1.807, 2.05) is 59.5 Å². The van der Waals surface area contributed by atoms with Crippen molar-refractivity contribution in [2.75, 3.05) is 59.5 Å². The average molecular weight is 493 g/mol. The summed E-state index contributed by atoms with van der Waals surface area (Å²) in [4.78, 5) is 32.4. The lowest BCUT2D eigenvalue weighted by Gasteiger charge is -2.38. The van der Waals surface area contributed by atoms with Gasteiger partial charge in [-0.25, -0.2) is 0 Å². The van der Waals surface area contributed by atoms with Gasteiger partial charge in [0.15, 0.2) is 0 Å². The number of nitrogens with zero attached hydrogens (tertiary/aromatic N) is 3. The van der Waals surface area contributed by atoms with Gasteiger partial charge in [-0.2, -0.15) is 0 Å². The highest BCUT2D eigenvalue weighted by Gasteiger charge is 2.28. The Morgan fingerprint density at radius 1 is 0.861 bits per heavy atom. The molecule has 2 aromatic rings. The van der Waals surface area contributed by atoms with Crippen molar-refractivity contribution >= 4 is 11.8 Å². The molecule has 0 radical (unpaired) electrons. The van der Waals surface area contributed by atoms with E-state index in [0.717, 1.165) is 56.1 Å². The SMILES string of the molecule is COc1ccc([C@H](NC(=O)CN2CCN(CC(=O)N3C[C@H](C)C[C@H](C)C3)CC2)c2ccccc2)cc1. The second-order valence-corrected chi connectivity index (χ2v) is 10.5. The molecule has 2 heterocycles. The second kappa shape index (κ2) is 12.4. The summed E-state index contributed by atoms with van der Waals surface area (Å²) in [6.45, 7) is 10.2. The van der Waals surface area contributed by atoms with Crippen LogP contribution in [0.3, 0.4) is 0 Å². The van der Waals surface area contributed by atoms with Gasteiger partial charge in [-0.15, -0.1) is 0 Å². The summed E-state index contributed by atoms with van der Waals surface area (Å²) in [5.74, 6) is 2.18. The first kappa shape index (κ1) is 26.2. The molecule has 7 heteroatoms. The van der Waals surface area contributed by atoms with Crippen LogP contribution >= 0.6 is 0 Å². The van der Waals surface area contributed by atoms with Crippen molar-refractivity contribution < 1.29 is 14.3 Å². The van der Waals surface area contributed by atoms with Gasteiger partial charge in [-0.1, -0.05) is 56.3 Å². The number of piperidine rings is 1. The van der Waals surface area contributed by atoms with Crippen molar-refractivity contribution in [3.63, 3.8) is 0 Å². The van der Waals surface area contributed by atoms with Crippen LogP contribution in [0.5, 0.6) is 5.75 Å². The minimum atomic E-state index is -0.224. The molecule has 2 saturated heterocycles. The number of rotatable bonds is 8. The summed E-state index contributed by atoms with van der Waals surface area (Å²) < 4.78 is 5.29. The topological polar surface area (TPSA) is 65.1 Å². The Labute approximate surface area is 215 Å². The number of ether oxygens (including phenoxy) is 1. The molecule has 7 nitrogen and oxygen atoms in total. The van der Waals surface area contributed by atoms with Crippen molar-refractivity contribution in [2.45, 2.75) is 26.3 Å². The van der Waals surface area contributed by atoms with Gasteiger partial charge in [0.05, 0.1) is 26.2 Å². The molecule has 2 fully saturated rings. The van der Waals surface area contributed by atoms with Crippen LogP contribution in [0.1, 0.15) is 37.4 Å². The van der Waals surface area contributed by atoms with Crippen LogP contribution in [-0.2, 0) is 9.59 Å². The van der Waals surface area contributed by atoms with Gasteiger partial charge in [-0.05, 0) is 41.5 Å². The molecule has 0 spiro atoms. The minimum absolute atomic E-state index is 0.000453. The third-order valence-electron chi connectivity index (χ3n) is 7.30. The van der Waals surface area contributed by atoms with E-state index >= 15 is 0 Å². The summed E-state index contributed by atoms with van der Waals surface area (Å²) in [6, 6.07) is 17.6. The van der Waals surface area contributed by atoms with E-state index in [1.54, 1.807) is 7.11 Å². The maximum absolute atomic E-state index is 13.1. The maximum Gasteiger partial charge on any atom is 0.236 e. The van der Waals surface area contributed by atoms with Gasteiger partial charge in [0.1, 0.15) is 5.75 Å². The fourth-order valence-electron chi connectivity index (χ4n) is 5.47. The molecule has 2 aromatic carbocycles. The summed E-state index contributed by atoms with van der Waals surface area (Å²) in [5, 5.41) is 3.23. The molecule has 0 unspecified atom stereocenters. The van der Waals surface area contributed by atoms with E-state index in [1.165, 1.54) is 6.42 Å². The molecule has 0 saturated carbocycles. The van der Waals surface area contributed by atoms with Crippen LogP contribution in [0.15, 0.2) is 54.6 Å². The molecule has 0 bridgehead atoms. The van der Waals surface area contributed by atoms with Crippen molar-refractivity contribution in [1.29, 1.82) is 0 Å². The Morgan fingerprint density at radius 2 is 1.42 bits per heavy atom. The number of carbonyl (C=O) groups excluding carboxylic acids is 2. The number of amides is 2. The Balaban J connectivity index is 1.28.